The van der Waals surface area contributed by atoms with Gasteiger partial charge in [-0.3, -0.25) is 0 Å². The first-order chi connectivity index (χ1) is 15.5. The molecule has 0 unspecified atom stereocenters. The topological polar surface area (TPSA) is 30.2 Å². The van der Waals surface area contributed by atoms with Crippen molar-refractivity contribution >= 4 is 10.8 Å². The number of fused-ring (bicyclic) bond motifs is 1. The Morgan fingerprint density at radius 3 is 2.00 bits per heavy atom. The van der Waals surface area contributed by atoms with Crippen LogP contribution in [0.1, 0.15) is 88.2 Å². The summed E-state index contributed by atoms with van der Waals surface area (Å²) in [5.74, 6) is 2.48. The molecule has 1 aromatic heterocycles. The molecule has 3 aromatic rings. The summed E-state index contributed by atoms with van der Waals surface area (Å²) >= 11 is 0. The predicted octanol–water partition coefficient (Wildman–Crippen LogP) is 8.19. The molecule has 0 spiro atoms. The van der Waals surface area contributed by atoms with E-state index in [1.807, 2.05) is 30.3 Å². The first-order valence-electron chi connectivity index (χ1n) is 12.4. The van der Waals surface area contributed by atoms with Crippen LogP contribution in [0.3, 0.4) is 0 Å². The van der Waals surface area contributed by atoms with Gasteiger partial charge in [-0.15, -0.1) is 0 Å². The van der Waals surface area contributed by atoms with Gasteiger partial charge >= 0.3 is 5.63 Å². The Balaban J connectivity index is 1.43. The first kappa shape index (κ1) is 21.4. The third-order valence-electron chi connectivity index (χ3n) is 8.04. The normalized spacial score (nSPS) is 26.3. The van der Waals surface area contributed by atoms with E-state index in [4.69, 9.17) is 4.42 Å². The summed E-state index contributed by atoms with van der Waals surface area (Å²) in [5, 5.41) is 0.713. The van der Waals surface area contributed by atoms with Crippen molar-refractivity contribution in [3.05, 3.63) is 69.8 Å². The largest absolute Gasteiger partial charge is 0.422 e. The van der Waals surface area contributed by atoms with E-state index >= 15 is 4.39 Å². The Bertz CT molecular complexity index is 1140. The summed E-state index contributed by atoms with van der Waals surface area (Å²) in [4.78, 5) is 12.8. The van der Waals surface area contributed by atoms with E-state index in [2.05, 4.69) is 26.0 Å². The highest BCUT2D eigenvalue weighted by molar-refractivity contribution is 5.85. The van der Waals surface area contributed by atoms with E-state index in [9.17, 15) is 4.79 Å². The van der Waals surface area contributed by atoms with Crippen LogP contribution in [0, 0.1) is 17.7 Å². The van der Waals surface area contributed by atoms with Gasteiger partial charge in [-0.2, -0.15) is 0 Å². The van der Waals surface area contributed by atoms with Crippen LogP contribution in [0.4, 0.5) is 4.39 Å². The van der Waals surface area contributed by atoms with Gasteiger partial charge in [-0.05, 0) is 71.9 Å². The highest BCUT2D eigenvalue weighted by atomic mass is 19.1. The Hall–Kier alpha value is -2.42. The zero-order chi connectivity index (χ0) is 22.2. The Morgan fingerprint density at radius 2 is 1.38 bits per heavy atom. The average molecular weight is 433 g/mol. The molecule has 2 saturated carbocycles. The van der Waals surface area contributed by atoms with Crippen LogP contribution < -0.4 is 5.63 Å². The second kappa shape index (κ2) is 8.84. The lowest BCUT2D eigenvalue weighted by atomic mass is 9.79. The van der Waals surface area contributed by atoms with E-state index in [1.54, 1.807) is 0 Å². The summed E-state index contributed by atoms with van der Waals surface area (Å²) in [6.45, 7) is 4.59. The van der Waals surface area contributed by atoms with E-state index in [0.29, 0.717) is 28.5 Å². The second-order valence-electron chi connectivity index (χ2n) is 10.4. The monoisotopic (exact) mass is 432 g/mol. The SMILES string of the molecule is CC1CCC(c2ccc(-c3cc4ccc(C5CCC(C)CC5)c(F)c4c(=O)o3)cc2)CC1. The highest BCUT2D eigenvalue weighted by Gasteiger charge is 2.25. The smallest absolute Gasteiger partial charge is 0.347 e. The number of benzene rings is 2. The standard InChI is InChI=1S/C29H33FO2/c1-18-3-7-20(8-4-18)21-11-13-23(14-12-21)26-17-24-15-16-25(22-9-5-19(2)6-10-22)28(30)27(24)29(31)32-26/h11-20,22H,3-10H2,1-2H3. The molecule has 0 N–H and O–H groups in total. The number of hydrogen-bond acceptors (Lipinski definition) is 2. The minimum absolute atomic E-state index is 0.0952. The molecule has 0 saturated heterocycles. The summed E-state index contributed by atoms with van der Waals surface area (Å²) in [5.41, 5.74) is 2.32. The van der Waals surface area contributed by atoms with Gasteiger partial charge < -0.3 is 4.42 Å². The fourth-order valence-corrected chi connectivity index (χ4v) is 5.80. The third-order valence-corrected chi connectivity index (χ3v) is 8.04. The molecule has 2 fully saturated rings. The van der Waals surface area contributed by atoms with Crippen LogP contribution in [-0.2, 0) is 0 Å². The van der Waals surface area contributed by atoms with Crippen molar-refractivity contribution < 1.29 is 8.81 Å². The molecule has 0 atom stereocenters. The molecule has 168 valence electrons. The molecule has 32 heavy (non-hydrogen) atoms. The van der Waals surface area contributed by atoms with Gasteiger partial charge in [0.25, 0.3) is 0 Å². The Kier molecular flexibility index (Phi) is 5.92. The van der Waals surface area contributed by atoms with Gasteiger partial charge in [0.05, 0.1) is 0 Å². The van der Waals surface area contributed by atoms with E-state index < -0.39 is 5.63 Å². The van der Waals surface area contributed by atoms with Crippen LogP contribution in [0.2, 0.25) is 0 Å². The highest BCUT2D eigenvalue weighted by Crippen LogP contribution is 2.39. The second-order valence-corrected chi connectivity index (χ2v) is 10.4. The molecule has 2 aliphatic carbocycles. The Labute approximate surface area is 189 Å². The van der Waals surface area contributed by atoms with Crippen LogP contribution in [0.15, 0.2) is 51.7 Å². The minimum Gasteiger partial charge on any atom is -0.422 e. The zero-order valence-electron chi connectivity index (χ0n) is 19.2. The summed E-state index contributed by atoms with van der Waals surface area (Å²) < 4.78 is 21.0. The third kappa shape index (κ3) is 4.14. The van der Waals surface area contributed by atoms with Gasteiger partial charge in [0.2, 0.25) is 0 Å². The molecule has 2 nitrogen and oxygen atoms in total. The molecule has 2 aromatic carbocycles. The van der Waals surface area contributed by atoms with Crippen molar-refractivity contribution in [1.82, 2.24) is 0 Å². The van der Waals surface area contributed by atoms with Gasteiger partial charge in [-0.25, -0.2) is 9.18 Å². The lowest BCUT2D eigenvalue weighted by Gasteiger charge is -2.27. The van der Waals surface area contributed by atoms with Crippen molar-refractivity contribution in [1.29, 1.82) is 0 Å². The summed E-state index contributed by atoms with van der Waals surface area (Å²) in [6, 6.07) is 14.0. The Morgan fingerprint density at radius 1 is 0.781 bits per heavy atom. The summed E-state index contributed by atoms with van der Waals surface area (Å²) in [7, 11) is 0. The summed E-state index contributed by atoms with van der Waals surface area (Å²) in [6.07, 6.45) is 9.27. The zero-order valence-corrected chi connectivity index (χ0v) is 19.2. The average Bonchev–Trinajstić information content (AvgIpc) is 2.80. The number of halogens is 1. The van der Waals surface area contributed by atoms with Crippen LogP contribution in [0.5, 0.6) is 0 Å². The van der Waals surface area contributed by atoms with Gasteiger partial charge in [-0.1, -0.05) is 75.9 Å². The van der Waals surface area contributed by atoms with E-state index in [1.165, 1.54) is 31.2 Å². The first-order valence-corrected chi connectivity index (χ1v) is 12.4. The molecular formula is C29H33FO2. The van der Waals surface area contributed by atoms with Crippen LogP contribution in [0.25, 0.3) is 22.1 Å². The van der Waals surface area contributed by atoms with Crippen LogP contribution >= 0.6 is 0 Å². The lowest BCUT2D eigenvalue weighted by Crippen LogP contribution is -2.13. The maximum Gasteiger partial charge on any atom is 0.347 e. The quantitative estimate of drug-likeness (QED) is 0.418. The molecule has 0 aliphatic heterocycles. The molecule has 0 bridgehead atoms. The number of hydrogen-bond donors (Lipinski definition) is 0. The molecular weight excluding hydrogens is 399 g/mol. The van der Waals surface area contributed by atoms with E-state index in [0.717, 1.165) is 37.2 Å². The van der Waals surface area contributed by atoms with E-state index in [-0.39, 0.29) is 17.1 Å². The fourth-order valence-electron chi connectivity index (χ4n) is 5.80. The van der Waals surface area contributed by atoms with Gasteiger partial charge in [0.15, 0.2) is 0 Å². The van der Waals surface area contributed by atoms with Crippen molar-refractivity contribution in [2.75, 3.05) is 0 Å². The van der Waals surface area contributed by atoms with Crippen molar-refractivity contribution in [3.8, 4) is 11.3 Å². The van der Waals surface area contributed by atoms with Crippen molar-refractivity contribution in [3.63, 3.8) is 0 Å². The molecule has 3 heteroatoms. The molecule has 1 heterocycles. The van der Waals surface area contributed by atoms with Crippen molar-refractivity contribution in [2.45, 2.75) is 77.0 Å². The van der Waals surface area contributed by atoms with Crippen LogP contribution in [-0.4, -0.2) is 0 Å². The molecule has 0 amide bonds. The molecule has 5 rings (SSSR count). The predicted molar refractivity (Wildman–Crippen MR) is 129 cm³/mol. The van der Waals surface area contributed by atoms with Gasteiger partial charge in [0, 0.05) is 5.56 Å². The lowest BCUT2D eigenvalue weighted by molar-refractivity contribution is 0.342. The molecule has 0 radical (unpaired) electrons. The maximum absolute atomic E-state index is 15.4. The number of rotatable bonds is 3. The molecule has 2 aliphatic rings. The minimum atomic E-state index is -0.577. The van der Waals surface area contributed by atoms with Crippen molar-refractivity contribution in [2.24, 2.45) is 11.8 Å². The fraction of sp³-hybridized carbons (Fsp3) is 0.483. The maximum atomic E-state index is 15.4. The van der Waals surface area contributed by atoms with Gasteiger partial charge in [0.1, 0.15) is 17.0 Å².